The normalized spacial score (nSPS) is 15.9. The first-order valence-corrected chi connectivity index (χ1v) is 10.9. The van der Waals surface area contributed by atoms with Crippen molar-refractivity contribution in [2.45, 2.75) is 18.9 Å². The summed E-state index contributed by atoms with van der Waals surface area (Å²) in [5.41, 5.74) is 2.51. The first-order chi connectivity index (χ1) is 16.2. The second-order valence-corrected chi connectivity index (χ2v) is 8.36. The van der Waals surface area contributed by atoms with Gasteiger partial charge in [-0.3, -0.25) is 24.4 Å². The maximum Gasteiger partial charge on any atom is 0.291 e. The maximum atomic E-state index is 12.9. The Labute approximate surface area is 188 Å². The summed E-state index contributed by atoms with van der Waals surface area (Å²) in [6.45, 7) is 1.25. The van der Waals surface area contributed by atoms with Gasteiger partial charge in [-0.1, -0.05) is 6.07 Å². The van der Waals surface area contributed by atoms with Crippen molar-refractivity contribution in [1.82, 2.24) is 29.9 Å². The lowest BCUT2D eigenvalue weighted by Gasteiger charge is -2.39. The second kappa shape index (κ2) is 7.73. The highest BCUT2D eigenvalue weighted by Crippen LogP contribution is 2.35. The van der Waals surface area contributed by atoms with Crippen LogP contribution in [0.4, 0.5) is 5.69 Å². The van der Waals surface area contributed by atoms with Gasteiger partial charge < -0.3 is 14.6 Å². The van der Waals surface area contributed by atoms with Gasteiger partial charge in [-0.15, -0.1) is 0 Å². The van der Waals surface area contributed by atoms with E-state index in [2.05, 4.69) is 20.5 Å². The van der Waals surface area contributed by atoms with Crippen LogP contribution >= 0.6 is 0 Å². The van der Waals surface area contributed by atoms with Crippen molar-refractivity contribution in [3.63, 3.8) is 0 Å². The fourth-order valence-corrected chi connectivity index (χ4v) is 3.94. The van der Waals surface area contributed by atoms with Crippen LogP contribution in [-0.4, -0.2) is 54.8 Å². The van der Waals surface area contributed by atoms with Crippen molar-refractivity contribution in [3.05, 3.63) is 60.9 Å². The molecule has 2 fully saturated rings. The van der Waals surface area contributed by atoms with Crippen molar-refractivity contribution in [2.75, 3.05) is 18.4 Å². The molecule has 4 aromatic heterocycles. The van der Waals surface area contributed by atoms with E-state index in [9.17, 15) is 9.59 Å². The molecule has 2 N–H and O–H groups in total. The van der Waals surface area contributed by atoms with Crippen LogP contribution in [0.15, 0.2) is 59.5 Å². The molecule has 1 aliphatic carbocycles. The number of hydrogen-bond donors (Lipinski definition) is 2. The summed E-state index contributed by atoms with van der Waals surface area (Å²) in [7, 11) is 0. The number of pyridine rings is 1. The first-order valence-electron chi connectivity index (χ1n) is 10.9. The summed E-state index contributed by atoms with van der Waals surface area (Å²) in [4.78, 5) is 31.5. The van der Waals surface area contributed by atoms with E-state index in [4.69, 9.17) is 9.52 Å². The van der Waals surface area contributed by atoms with E-state index < -0.39 is 0 Å². The fourth-order valence-electron chi connectivity index (χ4n) is 3.94. The van der Waals surface area contributed by atoms with E-state index >= 15 is 0 Å². The van der Waals surface area contributed by atoms with Gasteiger partial charge in [0.25, 0.3) is 5.91 Å². The lowest BCUT2D eigenvalue weighted by molar-refractivity contribution is -0.138. The molecule has 0 unspecified atom stereocenters. The SMILES string of the molecule is O=C(Nc1cn(C2CN(C(=O)C3CC3)C2)nc1-c1ccccn1)c1ccc(-c2cn[nH]c2)o1. The minimum atomic E-state index is -0.388. The van der Waals surface area contributed by atoms with Gasteiger partial charge in [-0.2, -0.15) is 10.2 Å². The molecule has 0 radical (unpaired) electrons. The third-order valence-corrected chi connectivity index (χ3v) is 5.97. The quantitative estimate of drug-likeness (QED) is 0.472. The van der Waals surface area contributed by atoms with Crippen molar-refractivity contribution < 1.29 is 14.0 Å². The Morgan fingerprint density at radius 3 is 2.76 bits per heavy atom. The third kappa shape index (κ3) is 3.69. The molecule has 4 aromatic rings. The highest BCUT2D eigenvalue weighted by Gasteiger charge is 2.40. The molecule has 0 spiro atoms. The Kier molecular flexibility index (Phi) is 4.56. The summed E-state index contributed by atoms with van der Waals surface area (Å²) in [5, 5.41) is 14.2. The van der Waals surface area contributed by atoms with Gasteiger partial charge in [-0.25, -0.2) is 0 Å². The number of anilines is 1. The van der Waals surface area contributed by atoms with Crippen LogP contribution in [-0.2, 0) is 4.79 Å². The Bertz CT molecular complexity index is 1300. The highest BCUT2D eigenvalue weighted by molar-refractivity contribution is 6.04. The minimum Gasteiger partial charge on any atom is -0.451 e. The molecule has 1 saturated carbocycles. The molecule has 10 nitrogen and oxygen atoms in total. The highest BCUT2D eigenvalue weighted by atomic mass is 16.4. The number of carbonyl (C=O) groups is 2. The predicted octanol–water partition coefficient (Wildman–Crippen LogP) is 2.97. The molecule has 2 amide bonds. The Morgan fingerprint density at radius 1 is 1.15 bits per heavy atom. The van der Waals surface area contributed by atoms with Crippen LogP contribution in [0.3, 0.4) is 0 Å². The number of likely N-dealkylation sites (tertiary alicyclic amines) is 1. The monoisotopic (exact) mass is 443 g/mol. The lowest BCUT2D eigenvalue weighted by atomic mass is 10.1. The third-order valence-electron chi connectivity index (χ3n) is 5.97. The van der Waals surface area contributed by atoms with Crippen molar-refractivity contribution in [1.29, 1.82) is 0 Å². The van der Waals surface area contributed by atoms with Crippen LogP contribution in [0.25, 0.3) is 22.7 Å². The van der Waals surface area contributed by atoms with Crippen molar-refractivity contribution in [2.24, 2.45) is 5.92 Å². The van der Waals surface area contributed by atoms with Crippen LogP contribution in [0.5, 0.6) is 0 Å². The zero-order valence-corrected chi connectivity index (χ0v) is 17.6. The van der Waals surface area contributed by atoms with Crippen LogP contribution < -0.4 is 5.32 Å². The van der Waals surface area contributed by atoms with E-state index in [1.165, 1.54) is 0 Å². The predicted molar refractivity (Wildman–Crippen MR) is 118 cm³/mol. The number of H-pyrrole nitrogens is 1. The number of carbonyl (C=O) groups excluding carboxylic acids is 2. The summed E-state index contributed by atoms with van der Waals surface area (Å²) < 4.78 is 7.52. The molecule has 166 valence electrons. The molecule has 6 rings (SSSR count). The summed E-state index contributed by atoms with van der Waals surface area (Å²) in [6.07, 6.45) is 8.79. The molecule has 2 aliphatic rings. The zero-order chi connectivity index (χ0) is 22.4. The zero-order valence-electron chi connectivity index (χ0n) is 17.6. The van der Waals surface area contributed by atoms with Crippen LogP contribution in [0.2, 0.25) is 0 Å². The van der Waals surface area contributed by atoms with Gasteiger partial charge in [0.2, 0.25) is 5.91 Å². The summed E-state index contributed by atoms with van der Waals surface area (Å²) in [6, 6.07) is 8.95. The number of nitrogens with one attached hydrogen (secondary N) is 2. The van der Waals surface area contributed by atoms with E-state index in [0.29, 0.717) is 35.9 Å². The molecule has 1 saturated heterocycles. The molecular formula is C23H21N7O3. The maximum absolute atomic E-state index is 12.9. The van der Waals surface area contributed by atoms with Gasteiger partial charge in [0.05, 0.1) is 29.2 Å². The molecule has 0 bridgehead atoms. The number of rotatable bonds is 6. The van der Waals surface area contributed by atoms with E-state index in [1.54, 1.807) is 36.9 Å². The van der Waals surface area contributed by atoms with E-state index in [-0.39, 0.29) is 29.5 Å². The molecule has 10 heteroatoms. The second-order valence-electron chi connectivity index (χ2n) is 8.36. The summed E-state index contributed by atoms with van der Waals surface area (Å²) >= 11 is 0. The largest absolute Gasteiger partial charge is 0.451 e. The Balaban J connectivity index is 1.24. The molecule has 1 aliphatic heterocycles. The van der Waals surface area contributed by atoms with Gasteiger partial charge in [0, 0.05) is 37.6 Å². The van der Waals surface area contributed by atoms with Gasteiger partial charge in [0.15, 0.2) is 5.76 Å². The van der Waals surface area contributed by atoms with E-state index in [1.807, 2.05) is 27.8 Å². The smallest absolute Gasteiger partial charge is 0.291 e. The number of aromatic nitrogens is 5. The number of nitrogens with zero attached hydrogens (tertiary/aromatic N) is 5. The number of aromatic amines is 1. The van der Waals surface area contributed by atoms with Crippen LogP contribution in [0, 0.1) is 5.92 Å². The molecule has 0 atom stereocenters. The Morgan fingerprint density at radius 2 is 2.03 bits per heavy atom. The summed E-state index contributed by atoms with van der Waals surface area (Å²) in [5.74, 6) is 0.784. The van der Waals surface area contributed by atoms with Crippen LogP contribution in [0.1, 0.15) is 29.4 Å². The lowest BCUT2D eigenvalue weighted by Crippen LogP contribution is -2.51. The average molecular weight is 443 g/mol. The van der Waals surface area contributed by atoms with Gasteiger partial charge in [-0.05, 0) is 37.1 Å². The topological polar surface area (TPSA) is 122 Å². The molecule has 5 heterocycles. The molecule has 33 heavy (non-hydrogen) atoms. The number of furan rings is 1. The average Bonchev–Trinajstić information content (AvgIpc) is 3.18. The first kappa shape index (κ1) is 19.5. The number of amides is 2. The molecule has 0 aromatic carbocycles. The minimum absolute atomic E-state index is 0.0668. The van der Waals surface area contributed by atoms with Crippen molar-refractivity contribution >= 4 is 17.5 Å². The molecular weight excluding hydrogens is 422 g/mol. The number of hydrogen-bond acceptors (Lipinski definition) is 6. The fraction of sp³-hybridized carbons (Fsp3) is 0.261. The van der Waals surface area contributed by atoms with Gasteiger partial charge >= 0.3 is 0 Å². The Hall–Kier alpha value is -4.21. The van der Waals surface area contributed by atoms with E-state index in [0.717, 1.165) is 18.4 Å². The van der Waals surface area contributed by atoms with Gasteiger partial charge in [0.1, 0.15) is 11.5 Å². The van der Waals surface area contributed by atoms with Crippen molar-refractivity contribution in [3.8, 4) is 22.7 Å². The standard InChI is InChI=1S/C23H21N7O3/c31-22(20-7-6-19(33-20)15-9-25-26-10-15)27-18-13-30(28-21(18)17-3-1-2-8-24-17)16-11-29(12-16)23(32)14-4-5-14/h1-3,6-10,13-14,16H,4-5,11-12H2,(H,25,26)(H,27,31).